The highest BCUT2D eigenvalue weighted by atomic mass is 79.9. The van der Waals surface area contributed by atoms with Gasteiger partial charge in [-0.1, -0.05) is 35.2 Å². The Kier molecular flexibility index (Phi) is 6.19. The van der Waals surface area contributed by atoms with Crippen LogP contribution in [0.5, 0.6) is 0 Å². The fourth-order valence-electron chi connectivity index (χ4n) is 5.81. The van der Waals surface area contributed by atoms with Gasteiger partial charge in [0.1, 0.15) is 6.04 Å². The Morgan fingerprint density at radius 3 is 2.72 bits per heavy atom. The second-order valence-corrected chi connectivity index (χ2v) is 11.2. The predicted octanol–water partition coefficient (Wildman–Crippen LogP) is 1.46. The van der Waals surface area contributed by atoms with E-state index in [1.54, 1.807) is 18.7 Å². The number of esters is 1. The normalized spacial score (nSPS) is 38.9. The second-order valence-electron chi connectivity index (χ2n) is 8.51. The molecule has 6 atom stereocenters. The quantitative estimate of drug-likeness (QED) is 0.433. The molecule has 2 amide bonds. The number of fused-ring (bicyclic) bond motifs is 1. The summed E-state index contributed by atoms with van der Waals surface area (Å²) in [6.07, 6.45) is 5.98. The summed E-state index contributed by atoms with van der Waals surface area (Å²) in [5.74, 6) is -1.82. The summed E-state index contributed by atoms with van der Waals surface area (Å²) in [6.45, 7) is 1.92. The Labute approximate surface area is 183 Å². The highest BCUT2D eigenvalue weighted by Gasteiger charge is 2.75. The summed E-state index contributed by atoms with van der Waals surface area (Å²) in [5.41, 5.74) is 0. The summed E-state index contributed by atoms with van der Waals surface area (Å²) < 4.78 is 4.65. The van der Waals surface area contributed by atoms with Gasteiger partial charge in [-0.15, -0.1) is 11.8 Å². The van der Waals surface area contributed by atoms with Crippen molar-refractivity contribution in [3.8, 4) is 0 Å². The van der Waals surface area contributed by atoms with E-state index in [9.17, 15) is 19.5 Å². The van der Waals surface area contributed by atoms with Crippen LogP contribution in [0.3, 0.4) is 0 Å². The summed E-state index contributed by atoms with van der Waals surface area (Å²) in [4.78, 5) is 41.1. The van der Waals surface area contributed by atoms with E-state index in [4.69, 9.17) is 4.74 Å². The Morgan fingerprint density at radius 1 is 1.34 bits per heavy atom. The lowest BCUT2D eigenvalue weighted by Crippen LogP contribution is -2.56. The molecule has 1 aliphatic carbocycles. The van der Waals surface area contributed by atoms with Crippen LogP contribution in [-0.4, -0.2) is 74.5 Å². The average molecular weight is 489 g/mol. The van der Waals surface area contributed by atoms with Gasteiger partial charge in [0.25, 0.3) is 0 Å². The minimum absolute atomic E-state index is 0.0463. The molecule has 1 spiro atoms. The molecule has 2 bridgehead atoms. The number of β-amino-alcohol motifs (C(OH)–C–C–N with tert-alkyl or cyclic N) is 1. The zero-order chi connectivity index (χ0) is 20.8. The molecule has 2 N–H and O–H groups in total. The van der Waals surface area contributed by atoms with Crippen LogP contribution in [0.1, 0.15) is 45.4 Å². The number of hydrogen-bond donors (Lipinski definition) is 2. The summed E-state index contributed by atoms with van der Waals surface area (Å²) >= 11 is 5.30. The number of carbonyl (C=O) groups is 3. The molecule has 3 saturated heterocycles. The van der Waals surface area contributed by atoms with Crippen molar-refractivity contribution in [1.82, 2.24) is 10.2 Å². The molecule has 4 aliphatic rings. The zero-order valence-corrected chi connectivity index (χ0v) is 19.0. The number of alkyl halides is 1. The highest BCUT2D eigenvalue weighted by molar-refractivity contribution is 9.09. The molecule has 0 aromatic carbocycles. The van der Waals surface area contributed by atoms with Gasteiger partial charge in [0.05, 0.1) is 29.8 Å². The molecule has 4 rings (SSSR count). The van der Waals surface area contributed by atoms with Gasteiger partial charge in [0.2, 0.25) is 11.8 Å². The van der Waals surface area contributed by atoms with Gasteiger partial charge in [-0.2, -0.15) is 0 Å². The molecule has 29 heavy (non-hydrogen) atoms. The number of halogens is 1. The SMILES string of the molecule is CCOC(=O)[C@H]1[C@@H]2SC3(CC2Br)C(C(=O)NC2CCCCC2)N(CCO)C(=O)[C@H]13. The number of amides is 2. The van der Waals surface area contributed by atoms with E-state index in [2.05, 4.69) is 21.2 Å². The number of aliphatic hydroxyl groups excluding tert-OH is 1. The number of aliphatic hydroxyl groups is 1. The molecule has 0 radical (unpaired) electrons. The van der Waals surface area contributed by atoms with Crippen molar-refractivity contribution in [2.45, 2.75) is 72.4 Å². The number of hydrogen-bond acceptors (Lipinski definition) is 6. The van der Waals surface area contributed by atoms with Crippen LogP contribution in [0.4, 0.5) is 0 Å². The van der Waals surface area contributed by atoms with Crippen molar-refractivity contribution in [2.75, 3.05) is 19.8 Å². The highest BCUT2D eigenvalue weighted by Crippen LogP contribution is 2.67. The third kappa shape index (κ3) is 3.41. The topological polar surface area (TPSA) is 95.9 Å². The molecule has 0 aromatic rings. The zero-order valence-electron chi connectivity index (χ0n) is 16.6. The number of thioether (sulfide) groups is 1. The summed E-state index contributed by atoms with van der Waals surface area (Å²) in [5, 5.41) is 12.7. The van der Waals surface area contributed by atoms with Gasteiger partial charge < -0.3 is 20.1 Å². The number of likely N-dealkylation sites (tertiary alicyclic amines) is 1. The van der Waals surface area contributed by atoms with Crippen molar-refractivity contribution in [2.24, 2.45) is 11.8 Å². The fourth-order valence-corrected chi connectivity index (χ4v) is 9.41. The minimum atomic E-state index is -0.663. The number of nitrogens with zero attached hydrogens (tertiary/aromatic N) is 1. The molecule has 4 fully saturated rings. The van der Waals surface area contributed by atoms with Crippen molar-refractivity contribution >= 4 is 45.5 Å². The third-order valence-corrected chi connectivity index (χ3v) is 10.1. The Hall–Kier alpha value is -0.800. The smallest absolute Gasteiger partial charge is 0.310 e. The van der Waals surface area contributed by atoms with Crippen LogP contribution < -0.4 is 5.32 Å². The molecule has 7 nitrogen and oxygen atoms in total. The van der Waals surface area contributed by atoms with Gasteiger partial charge >= 0.3 is 5.97 Å². The monoisotopic (exact) mass is 488 g/mol. The molecule has 1 saturated carbocycles. The van der Waals surface area contributed by atoms with Crippen molar-refractivity contribution < 1.29 is 24.2 Å². The van der Waals surface area contributed by atoms with Crippen LogP contribution in [0.2, 0.25) is 0 Å². The maximum Gasteiger partial charge on any atom is 0.310 e. The number of ether oxygens (including phenoxy) is 1. The van der Waals surface area contributed by atoms with Crippen LogP contribution in [-0.2, 0) is 19.1 Å². The van der Waals surface area contributed by atoms with E-state index in [0.29, 0.717) is 6.42 Å². The van der Waals surface area contributed by atoms with E-state index >= 15 is 0 Å². The van der Waals surface area contributed by atoms with Crippen LogP contribution in [0.25, 0.3) is 0 Å². The second kappa shape index (κ2) is 8.38. The lowest BCUT2D eigenvalue weighted by atomic mass is 9.71. The van der Waals surface area contributed by atoms with E-state index in [1.165, 1.54) is 11.3 Å². The Morgan fingerprint density at radius 2 is 2.07 bits per heavy atom. The van der Waals surface area contributed by atoms with E-state index in [1.807, 2.05) is 0 Å². The van der Waals surface area contributed by atoms with Crippen molar-refractivity contribution in [3.05, 3.63) is 0 Å². The predicted molar refractivity (Wildman–Crippen MR) is 113 cm³/mol. The molecular formula is C20H29BrN2O5S. The van der Waals surface area contributed by atoms with Crippen LogP contribution in [0, 0.1) is 11.8 Å². The molecule has 162 valence electrons. The molecular weight excluding hydrogens is 460 g/mol. The number of carbonyl (C=O) groups excluding carboxylic acids is 3. The largest absolute Gasteiger partial charge is 0.466 e. The molecule has 3 unspecified atom stereocenters. The maximum absolute atomic E-state index is 13.4. The van der Waals surface area contributed by atoms with E-state index in [0.717, 1.165) is 25.7 Å². The summed E-state index contributed by atoms with van der Waals surface area (Å²) in [7, 11) is 0. The van der Waals surface area contributed by atoms with Crippen molar-refractivity contribution in [1.29, 1.82) is 0 Å². The first-order valence-electron chi connectivity index (χ1n) is 10.6. The third-order valence-electron chi connectivity index (χ3n) is 6.89. The van der Waals surface area contributed by atoms with Gasteiger partial charge in [-0.25, -0.2) is 0 Å². The molecule has 3 heterocycles. The Bertz CT molecular complexity index is 688. The van der Waals surface area contributed by atoms with Gasteiger partial charge in [0.15, 0.2) is 0 Å². The first-order chi connectivity index (χ1) is 13.9. The average Bonchev–Trinajstić information content (AvgIpc) is 3.27. The van der Waals surface area contributed by atoms with E-state index < -0.39 is 22.6 Å². The van der Waals surface area contributed by atoms with Crippen LogP contribution in [0.15, 0.2) is 0 Å². The maximum atomic E-state index is 13.4. The molecule has 3 aliphatic heterocycles. The van der Waals surface area contributed by atoms with Crippen molar-refractivity contribution in [3.63, 3.8) is 0 Å². The number of rotatable bonds is 6. The minimum Gasteiger partial charge on any atom is -0.466 e. The number of nitrogens with one attached hydrogen (secondary N) is 1. The summed E-state index contributed by atoms with van der Waals surface area (Å²) in [6, 6.07) is -0.523. The van der Waals surface area contributed by atoms with Gasteiger partial charge in [0, 0.05) is 22.7 Å². The standard InChI is InChI=1S/C20H29BrN2O5S/c1-2-28-19(27)13-14-18(26)23(8-9-24)16(20(14)10-12(21)15(13)29-20)17(25)22-11-6-4-3-5-7-11/h11-16,24H,2-10H2,1H3,(H,22,25)/t12?,13-,14+,15-,16?,20?/m1/s1. The Balaban J connectivity index is 1.65. The molecule has 0 aromatic heterocycles. The van der Waals surface area contributed by atoms with Gasteiger partial charge in [-0.05, 0) is 26.2 Å². The molecule has 9 heteroatoms. The first kappa shape index (κ1) is 21.4. The first-order valence-corrected chi connectivity index (χ1v) is 12.4. The van der Waals surface area contributed by atoms with Crippen LogP contribution >= 0.6 is 27.7 Å². The van der Waals surface area contributed by atoms with E-state index in [-0.39, 0.29) is 53.7 Å². The lowest BCUT2D eigenvalue weighted by molar-refractivity contribution is -0.153. The van der Waals surface area contributed by atoms with Gasteiger partial charge in [-0.3, -0.25) is 14.4 Å². The fraction of sp³-hybridized carbons (Fsp3) is 0.850. The lowest BCUT2D eigenvalue weighted by Gasteiger charge is -2.36.